The normalized spacial score (nSPS) is 18.0. The second kappa shape index (κ2) is 10.5. The van der Waals surface area contributed by atoms with Crippen molar-refractivity contribution in [3.8, 4) is 11.1 Å². The number of nitrogens with one attached hydrogen (secondary N) is 2. The number of rotatable bonds is 8. The van der Waals surface area contributed by atoms with Gasteiger partial charge in [0.15, 0.2) is 6.04 Å². The van der Waals surface area contributed by atoms with Crippen LogP contribution in [0.5, 0.6) is 0 Å². The second-order valence-corrected chi connectivity index (χ2v) is 9.55. The lowest BCUT2D eigenvalue weighted by Gasteiger charge is -2.37. The predicted molar refractivity (Wildman–Crippen MR) is 130 cm³/mol. The molecule has 1 fully saturated rings. The molecule has 8 nitrogen and oxygen atoms in total. The summed E-state index contributed by atoms with van der Waals surface area (Å²) in [6.45, 7) is 1.53. The Kier molecular flexibility index (Phi) is 7.40. The van der Waals surface area contributed by atoms with E-state index in [1.165, 1.54) is 6.92 Å². The van der Waals surface area contributed by atoms with Crippen LogP contribution < -0.4 is 10.6 Å². The molecule has 0 aliphatic heterocycles. The van der Waals surface area contributed by atoms with Crippen molar-refractivity contribution in [1.82, 2.24) is 10.6 Å². The highest BCUT2D eigenvalue weighted by Gasteiger charge is 2.42. The first kappa shape index (κ1) is 24.7. The average molecular weight is 481 g/mol. The summed E-state index contributed by atoms with van der Waals surface area (Å²) < 4.78 is 5.60. The van der Waals surface area contributed by atoms with E-state index in [9.17, 15) is 24.6 Å². The Morgan fingerprint density at radius 2 is 1.57 bits per heavy atom. The first-order valence-corrected chi connectivity index (χ1v) is 12.1. The average Bonchev–Trinajstić information content (AvgIpc) is 3.18. The third-order valence-electron chi connectivity index (χ3n) is 7.24. The van der Waals surface area contributed by atoms with Gasteiger partial charge in [0.05, 0.1) is 11.5 Å². The molecule has 8 heteroatoms. The number of carboxylic acids is 1. The maximum absolute atomic E-state index is 13.1. The number of carboxylic acid groups (broad SMARTS) is 1. The number of carbonyl (C=O) groups is 3. The highest BCUT2D eigenvalue weighted by Crippen LogP contribution is 2.44. The van der Waals surface area contributed by atoms with E-state index in [1.54, 1.807) is 0 Å². The second-order valence-electron chi connectivity index (χ2n) is 9.55. The lowest BCUT2D eigenvalue weighted by atomic mass is 9.73. The molecule has 186 valence electrons. The van der Waals surface area contributed by atoms with Crippen LogP contribution in [0.2, 0.25) is 0 Å². The molecule has 2 atom stereocenters. The molecule has 0 bridgehead atoms. The topological polar surface area (TPSA) is 125 Å². The lowest BCUT2D eigenvalue weighted by molar-refractivity contribution is -0.147. The fraction of sp³-hybridized carbons (Fsp3) is 0.444. The van der Waals surface area contributed by atoms with E-state index in [4.69, 9.17) is 4.74 Å². The minimum Gasteiger partial charge on any atom is -0.480 e. The number of aliphatic hydroxyl groups is 1. The molecule has 2 aliphatic carbocycles. The summed E-state index contributed by atoms with van der Waals surface area (Å²) in [5.41, 5.74) is 3.57. The number of hydrogen-bond acceptors (Lipinski definition) is 5. The molecular formula is C27H32N2O6. The first-order valence-electron chi connectivity index (χ1n) is 12.1. The molecule has 0 spiro atoms. The largest absolute Gasteiger partial charge is 0.480 e. The van der Waals surface area contributed by atoms with Crippen LogP contribution in [0.25, 0.3) is 11.1 Å². The quantitative estimate of drug-likeness (QED) is 0.459. The van der Waals surface area contributed by atoms with Gasteiger partial charge in [0, 0.05) is 12.5 Å². The number of alkyl carbamates (subject to hydrolysis) is 1. The summed E-state index contributed by atoms with van der Waals surface area (Å²) >= 11 is 0. The van der Waals surface area contributed by atoms with Crippen molar-refractivity contribution in [2.75, 3.05) is 13.2 Å². The molecule has 2 aliphatic rings. The van der Waals surface area contributed by atoms with Crippen molar-refractivity contribution in [2.45, 2.75) is 57.1 Å². The lowest BCUT2D eigenvalue weighted by Crippen LogP contribution is -2.56. The van der Waals surface area contributed by atoms with E-state index in [2.05, 4.69) is 22.8 Å². The number of amides is 2. The van der Waals surface area contributed by atoms with E-state index in [1.807, 2.05) is 36.4 Å². The molecule has 0 radical (unpaired) electrons. The van der Waals surface area contributed by atoms with Gasteiger partial charge in [-0.05, 0) is 42.0 Å². The summed E-state index contributed by atoms with van der Waals surface area (Å²) in [6.07, 6.45) is 1.75. The maximum Gasteiger partial charge on any atom is 0.407 e. The zero-order chi connectivity index (χ0) is 25.0. The Balaban J connectivity index is 1.40. The fourth-order valence-corrected chi connectivity index (χ4v) is 5.29. The van der Waals surface area contributed by atoms with E-state index >= 15 is 0 Å². The number of hydrogen-bond donors (Lipinski definition) is 4. The Hall–Kier alpha value is -3.39. The van der Waals surface area contributed by atoms with Crippen molar-refractivity contribution >= 4 is 18.0 Å². The van der Waals surface area contributed by atoms with Crippen LogP contribution in [0.15, 0.2) is 48.5 Å². The zero-order valence-electron chi connectivity index (χ0n) is 19.8. The monoisotopic (exact) mass is 480 g/mol. The Morgan fingerprint density at radius 1 is 1.00 bits per heavy atom. The van der Waals surface area contributed by atoms with Gasteiger partial charge in [0.2, 0.25) is 5.91 Å². The maximum atomic E-state index is 13.1. The van der Waals surface area contributed by atoms with Gasteiger partial charge in [-0.25, -0.2) is 9.59 Å². The molecule has 0 aromatic heterocycles. The van der Waals surface area contributed by atoms with Gasteiger partial charge >= 0.3 is 12.1 Å². The third-order valence-corrected chi connectivity index (χ3v) is 7.24. The van der Waals surface area contributed by atoms with Crippen molar-refractivity contribution in [3.05, 3.63) is 59.7 Å². The van der Waals surface area contributed by atoms with Gasteiger partial charge in [0.25, 0.3) is 0 Å². The van der Waals surface area contributed by atoms with Crippen LogP contribution in [0, 0.1) is 5.41 Å². The Morgan fingerprint density at radius 3 is 2.11 bits per heavy atom. The summed E-state index contributed by atoms with van der Waals surface area (Å²) in [4.78, 5) is 37.2. The highest BCUT2D eigenvalue weighted by atomic mass is 16.5. The van der Waals surface area contributed by atoms with Crippen LogP contribution in [-0.4, -0.2) is 53.5 Å². The summed E-state index contributed by atoms with van der Waals surface area (Å²) in [7, 11) is 0. The molecule has 2 unspecified atom stereocenters. The molecule has 35 heavy (non-hydrogen) atoms. The Labute approximate surface area is 204 Å². The Bertz CT molecular complexity index is 1050. The van der Waals surface area contributed by atoms with Gasteiger partial charge in [-0.3, -0.25) is 4.79 Å². The van der Waals surface area contributed by atoms with Crippen molar-refractivity contribution in [3.63, 3.8) is 0 Å². The molecule has 0 saturated heterocycles. The summed E-state index contributed by atoms with van der Waals surface area (Å²) in [6, 6.07) is 14.7. The zero-order valence-corrected chi connectivity index (χ0v) is 19.8. The molecule has 1 saturated carbocycles. The van der Waals surface area contributed by atoms with Crippen LogP contribution in [-0.2, 0) is 14.3 Å². The minimum atomic E-state index is -1.41. The molecule has 0 heterocycles. The van der Waals surface area contributed by atoms with Gasteiger partial charge in [-0.2, -0.15) is 0 Å². The smallest absolute Gasteiger partial charge is 0.407 e. The predicted octanol–water partition coefficient (Wildman–Crippen LogP) is 3.43. The van der Waals surface area contributed by atoms with Crippen LogP contribution in [0.4, 0.5) is 4.79 Å². The van der Waals surface area contributed by atoms with E-state index < -0.39 is 35.5 Å². The van der Waals surface area contributed by atoms with E-state index in [0.29, 0.717) is 12.8 Å². The molecule has 2 aromatic carbocycles. The number of ether oxygens (including phenoxy) is 1. The third kappa shape index (κ3) is 5.17. The standard InChI is InChI=1S/C27H32N2O6/c1-17(30)23(24(31)32)29-25(33)27(13-7-2-8-14-27)16-28-26(34)35-15-22-20-11-5-3-9-18(20)19-10-4-6-12-21(19)22/h3-6,9-12,17,22-23,30H,2,7-8,13-16H2,1H3,(H,28,34)(H,29,33)(H,31,32). The summed E-state index contributed by atoms with van der Waals surface area (Å²) in [5, 5.41) is 24.3. The molecular weight excluding hydrogens is 448 g/mol. The number of aliphatic carboxylic acids is 1. The SMILES string of the molecule is CC(O)C(NC(=O)C1(CNC(=O)OCC2c3ccccc3-c3ccccc32)CCCCC1)C(=O)O. The van der Waals surface area contributed by atoms with Crippen LogP contribution in [0.1, 0.15) is 56.1 Å². The van der Waals surface area contributed by atoms with E-state index in [-0.39, 0.29) is 19.1 Å². The number of fused-ring (bicyclic) bond motifs is 3. The van der Waals surface area contributed by atoms with Gasteiger partial charge in [0.1, 0.15) is 6.61 Å². The van der Waals surface area contributed by atoms with Crippen molar-refractivity contribution < 1.29 is 29.3 Å². The molecule has 2 amide bonds. The van der Waals surface area contributed by atoms with Crippen LogP contribution >= 0.6 is 0 Å². The van der Waals surface area contributed by atoms with Crippen LogP contribution in [0.3, 0.4) is 0 Å². The van der Waals surface area contributed by atoms with Crippen molar-refractivity contribution in [2.24, 2.45) is 5.41 Å². The van der Waals surface area contributed by atoms with Gasteiger partial charge in [-0.1, -0.05) is 67.8 Å². The van der Waals surface area contributed by atoms with Gasteiger partial charge < -0.3 is 25.6 Å². The van der Waals surface area contributed by atoms with Crippen molar-refractivity contribution in [1.29, 1.82) is 0 Å². The minimum absolute atomic E-state index is 0.0433. The summed E-state index contributed by atoms with van der Waals surface area (Å²) in [5.74, 6) is -1.84. The number of carbonyl (C=O) groups excluding carboxylic acids is 2. The molecule has 2 aromatic rings. The number of benzene rings is 2. The highest BCUT2D eigenvalue weighted by molar-refractivity contribution is 5.88. The molecule has 4 N–H and O–H groups in total. The van der Waals surface area contributed by atoms with E-state index in [0.717, 1.165) is 41.5 Å². The number of aliphatic hydroxyl groups excluding tert-OH is 1. The fourth-order valence-electron chi connectivity index (χ4n) is 5.29. The molecule has 4 rings (SSSR count). The first-order chi connectivity index (χ1) is 16.8. The van der Waals surface area contributed by atoms with Gasteiger partial charge in [-0.15, -0.1) is 0 Å².